The summed E-state index contributed by atoms with van der Waals surface area (Å²) in [5.41, 5.74) is 0.332. The number of amides is 1. The molecule has 0 spiro atoms. The Morgan fingerprint density at radius 3 is 2.58 bits per heavy atom. The number of carbonyl (C=O) groups is 2. The molecule has 8 heteroatoms. The Bertz CT molecular complexity index is 719. The minimum absolute atomic E-state index is 0.0119. The number of alkyl carbamates (subject to hydrolysis) is 1. The first kappa shape index (κ1) is 27.1. The van der Waals surface area contributed by atoms with Crippen LogP contribution in [0.3, 0.4) is 0 Å². The zero-order valence-corrected chi connectivity index (χ0v) is 20.5. The molecule has 0 saturated carbocycles. The molecule has 8 nitrogen and oxygen atoms in total. The van der Waals surface area contributed by atoms with Crippen LogP contribution in [0.15, 0.2) is 30.3 Å². The van der Waals surface area contributed by atoms with Gasteiger partial charge in [-0.3, -0.25) is 0 Å². The van der Waals surface area contributed by atoms with Crippen LogP contribution in [-0.2, 0) is 35.1 Å². The molecule has 4 atom stereocenters. The van der Waals surface area contributed by atoms with Crippen LogP contribution in [-0.4, -0.2) is 61.8 Å². The molecule has 1 heterocycles. The van der Waals surface area contributed by atoms with E-state index in [2.05, 4.69) is 12.2 Å². The number of rotatable bonds is 8. The molecule has 1 aromatic carbocycles. The largest absolute Gasteiger partial charge is 0.458 e. The normalized spacial score (nSPS) is 24.6. The molecule has 1 fully saturated rings. The highest BCUT2D eigenvalue weighted by molar-refractivity contribution is 5.81. The standard InChI is InChI=1S/C25H39NO7/c1-6-7-14-30-21-13-15-29-17-20(26-24(28)33-25(3,4)5)23(27)32-18(2)22(21)31-16-19-11-9-8-10-12-19/h8-12,18,20-22H,6-7,13-17H2,1-5H3,(H,26,28)/t18-,20-,21-,22-/m0/s1. The number of esters is 1. The predicted octanol–water partition coefficient (Wildman–Crippen LogP) is 4.00. The lowest BCUT2D eigenvalue weighted by molar-refractivity contribution is -0.177. The van der Waals surface area contributed by atoms with Crippen molar-refractivity contribution in [2.75, 3.05) is 19.8 Å². The van der Waals surface area contributed by atoms with E-state index >= 15 is 0 Å². The molecular weight excluding hydrogens is 426 g/mol. The highest BCUT2D eigenvalue weighted by Crippen LogP contribution is 2.20. The minimum atomic E-state index is -0.977. The molecular formula is C25H39NO7. The molecule has 0 aliphatic carbocycles. The number of hydrogen-bond acceptors (Lipinski definition) is 7. The fourth-order valence-electron chi connectivity index (χ4n) is 3.38. The molecule has 1 aliphatic heterocycles. The topological polar surface area (TPSA) is 92.3 Å². The van der Waals surface area contributed by atoms with Gasteiger partial charge in [0.1, 0.15) is 17.8 Å². The van der Waals surface area contributed by atoms with Crippen LogP contribution in [0, 0.1) is 0 Å². The third kappa shape index (κ3) is 10.1. The third-order valence-corrected chi connectivity index (χ3v) is 5.05. The summed E-state index contributed by atoms with van der Waals surface area (Å²) in [4.78, 5) is 25.0. The first-order valence-electron chi connectivity index (χ1n) is 11.7. The van der Waals surface area contributed by atoms with Gasteiger partial charge in [0.05, 0.1) is 19.3 Å². The van der Waals surface area contributed by atoms with Crippen LogP contribution in [0.1, 0.15) is 59.4 Å². The van der Waals surface area contributed by atoms with Gasteiger partial charge < -0.3 is 29.0 Å². The van der Waals surface area contributed by atoms with Gasteiger partial charge in [-0.15, -0.1) is 0 Å². The Balaban J connectivity index is 2.11. The van der Waals surface area contributed by atoms with Gasteiger partial charge in [-0.25, -0.2) is 9.59 Å². The van der Waals surface area contributed by atoms with Crippen molar-refractivity contribution in [3.8, 4) is 0 Å². The lowest BCUT2D eigenvalue weighted by atomic mass is 10.0. The number of ether oxygens (including phenoxy) is 5. The Hall–Kier alpha value is -2.16. The SMILES string of the molecule is CCCCO[C@H]1CCOC[C@H](NC(=O)OC(C)(C)C)C(=O)O[C@@H](C)[C@@H]1OCc1ccccc1. The van der Waals surface area contributed by atoms with E-state index < -0.39 is 35.9 Å². The van der Waals surface area contributed by atoms with E-state index in [1.807, 2.05) is 30.3 Å². The van der Waals surface area contributed by atoms with Crippen molar-refractivity contribution in [2.24, 2.45) is 0 Å². The van der Waals surface area contributed by atoms with Gasteiger partial charge in [-0.05, 0) is 46.1 Å². The molecule has 1 saturated heterocycles. The molecule has 33 heavy (non-hydrogen) atoms. The molecule has 0 aromatic heterocycles. The lowest BCUT2D eigenvalue weighted by Gasteiger charge is -2.34. The van der Waals surface area contributed by atoms with Gasteiger partial charge in [-0.2, -0.15) is 0 Å². The van der Waals surface area contributed by atoms with E-state index in [1.54, 1.807) is 27.7 Å². The number of benzene rings is 1. The maximum absolute atomic E-state index is 12.9. The summed E-state index contributed by atoms with van der Waals surface area (Å²) in [6.07, 6.45) is 0.447. The van der Waals surface area contributed by atoms with Crippen molar-refractivity contribution in [2.45, 2.75) is 90.4 Å². The maximum Gasteiger partial charge on any atom is 0.408 e. The highest BCUT2D eigenvalue weighted by atomic mass is 16.6. The number of hydrogen-bond donors (Lipinski definition) is 1. The lowest BCUT2D eigenvalue weighted by Crippen LogP contribution is -2.51. The van der Waals surface area contributed by atoms with Crippen LogP contribution in [0.2, 0.25) is 0 Å². The molecule has 1 aliphatic rings. The number of carbonyl (C=O) groups excluding carboxylic acids is 2. The second kappa shape index (κ2) is 13.5. The summed E-state index contributed by atoms with van der Waals surface area (Å²) in [7, 11) is 0. The summed E-state index contributed by atoms with van der Waals surface area (Å²) in [6.45, 7) is 10.5. The number of cyclic esters (lactones) is 1. The van der Waals surface area contributed by atoms with Crippen molar-refractivity contribution >= 4 is 12.1 Å². The summed E-state index contributed by atoms with van der Waals surface area (Å²) >= 11 is 0. The highest BCUT2D eigenvalue weighted by Gasteiger charge is 2.35. The van der Waals surface area contributed by atoms with Gasteiger partial charge in [0.2, 0.25) is 0 Å². The maximum atomic E-state index is 12.9. The zero-order chi connectivity index (χ0) is 24.3. The van der Waals surface area contributed by atoms with E-state index in [9.17, 15) is 9.59 Å². The second-order valence-corrected chi connectivity index (χ2v) is 9.23. The quantitative estimate of drug-likeness (QED) is 0.458. The third-order valence-electron chi connectivity index (χ3n) is 5.05. The molecule has 186 valence electrons. The van der Waals surface area contributed by atoms with Gasteiger partial charge >= 0.3 is 12.1 Å². The Morgan fingerprint density at radius 2 is 1.91 bits per heavy atom. The van der Waals surface area contributed by atoms with Crippen LogP contribution in [0.4, 0.5) is 4.79 Å². The Kier molecular flexibility index (Phi) is 11.1. The van der Waals surface area contributed by atoms with E-state index in [0.29, 0.717) is 26.2 Å². The average molecular weight is 466 g/mol. The molecule has 1 N–H and O–H groups in total. The summed E-state index contributed by atoms with van der Waals surface area (Å²) < 4.78 is 29.0. The van der Waals surface area contributed by atoms with E-state index in [1.165, 1.54) is 0 Å². The van der Waals surface area contributed by atoms with Gasteiger partial charge in [0.25, 0.3) is 0 Å². The second-order valence-electron chi connectivity index (χ2n) is 9.23. The van der Waals surface area contributed by atoms with Crippen molar-refractivity contribution in [1.29, 1.82) is 0 Å². The van der Waals surface area contributed by atoms with E-state index in [4.69, 9.17) is 23.7 Å². The van der Waals surface area contributed by atoms with Gasteiger partial charge in [0.15, 0.2) is 6.04 Å². The van der Waals surface area contributed by atoms with E-state index in [0.717, 1.165) is 18.4 Å². The smallest absolute Gasteiger partial charge is 0.408 e. The predicted molar refractivity (Wildman–Crippen MR) is 124 cm³/mol. The first-order valence-corrected chi connectivity index (χ1v) is 11.7. The minimum Gasteiger partial charge on any atom is -0.458 e. The van der Waals surface area contributed by atoms with Gasteiger partial charge in [-0.1, -0.05) is 43.7 Å². The number of nitrogens with one attached hydrogen (secondary N) is 1. The fourth-order valence-corrected chi connectivity index (χ4v) is 3.38. The number of unbranched alkanes of at least 4 members (excludes halogenated alkanes) is 1. The summed E-state index contributed by atoms with van der Waals surface area (Å²) in [6, 6.07) is 8.83. The summed E-state index contributed by atoms with van der Waals surface area (Å²) in [5, 5.41) is 2.55. The summed E-state index contributed by atoms with van der Waals surface area (Å²) in [5.74, 6) is -0.601. The van der Waals surface area contributed by atoms with Crippen LogP contribution < -0.4 is 5.32 Å². The van der Waals surface area contributed by atoms with Crippen molar-refractivity contribution < 1.29 is 33.3 Å². The fraction of sp³-hybridized carbons (Fsp3) is 0.680. The molecule has 0 bridgehead atoms. The van der Waals surface area contributed by atoms with Crippen LogP contribution in [0.5, 0.6) is 0 Å². The molecule has 0 radical (unpaired) electrons. The van der Waals surface area contributed by atoms with Crippen LogP contribution in [0.25, 0.3) is 0 Å². The first-order chi connectivity index (χ1) is 15.7. The molecule has 0 unspecified atom stereocenters. The Morgan fingerprint density at radius 1 is 1.18 bits per heavy atom. The molecule has 2 rings (SSSR count). The van der Waals surface area contributed by atoms with Gasteiger partial charge in [0, 0.05) is 13.2 Å². The van der Waals surface area contributed by atoms with E-state index in [-0.39, 0.29) is 12.7 Å². The van der Waals surface area contributed by atoms with Crippen molar-refractivity contribution in [3.05, 3.63) is 35.9 Å². The molecule has 1 amide bonds. The zero-order valence-electron chi connectivity index (χ0n) is 20.5. The average Bonchev–Trinajstić information content (AvgIpc) is 2.74. The van der Waals surface area contributed by atoms with Crippen LogP contribution >= 0.6 is 0 Å². The van der Waals surface area contributed by atoms with Crippen molar-refractivity contribution in [3.63, 3.8) is 0 Å². The Labute approximate surface area is 197 Å². The van der Waals surface area contributed by atoms with Crippen molar-refractivity contribution in [1.82, 2.24) is 5.32 Å². The monoisotopic (exact) mass is 465 g/mol. The molecule has 1 aromatic rings.